The number of carbonyl (C=O) groups is 2. The van der Waals surface area contributed by atoms with E-state index in [0.717, 1.165) is 27.3 Å². The Hall–Kier alpha value is -1.58. The molecule has 20 heavy (non-hydrogen) atoms. The minimum Gasteiger partial charge on any atom is -0.289 e. The van der Waals surface area contributed by atoms with Gasteiger partial charge in [0.05, 0.1) is 0 Å². The van der Waals surface area contributed by atoms with Crippen molar-refractivity contribution < 1.29 is 9.59 Å². The van der Waals surface area contributed by atoms with Crippen molar-refractivity contribution >= 4 is 34.4 Å². The van der Waals surface area contributed by atoms with Gasteiger partial charge < -0.3 is 0 Å². The molecule has 3 rings (SSSR count). The molecule has 2 aromatic carbocycles. The molecule has 0 fully saturated rings. The first-order valence-electron chi connectivity index (χ1n) is 6.22. The summed E-state index contributed by atoms with van der Waals surface area (Å²) < 4.78 is 0. The van der Waals surface area contributed by atoms with Crippen LogP contribution in [0.1, 0.15) is 27.0 Å². The molecule has 0 saturated heterocycles. The third kappa shape index (κ3) is 2.51. The van der Waals surface area contributed by atoms with Crippen molar-refractivity contribution in [3.63, 3.8) is 0 Å². The summed E-state index contributed by atoms with van der Waals surface area (Å²) in [5.41, 5.74) is 3.23. The molecule has 1 aliphatic rings. The number of ketones is 1. The molecule has 2 aromatic rings. The number of hydrogen-bond donors (Lipinski definition) is 0. The quantitative estimate of drug-likeness (QED) is 0.791. The fraction of sp³-hybridized carbons (Fsp3) is 0.125. The van der Waals surface area contributed by atoms with Crippen LogP contribution in [-0.4, -0.2) is 11.0 Å². The van der Waals surface area contributed by atoms with Crippen LogP contribution < -0.4 is 0 Å². The van der Waals surface area contributed by atoms with Gasteiger partial charge in [0.1, 0.15) is 0 Å². The highest BCUT2D eigenvalue weighted by molar-refractivity contribution is 7.98. The second-order valence-electron chi connectivity index (χ2n) is 4.64. The van der Waals surface area contributed by atoms with Crippen molar-refractivity contribution in [2.75, 3.05) is 0 Å². The normalized spacial score (nSPS) is 13.3. The summed E-state index contributed by atoms with van der Waals surface area (Å²) >= 11 is 7.06. The van der Waals surface area contributed by atoms with Crippen LogP contribution in [0.25, 0.3) is 0 Å². The Balaban J connectivity index is 2.08. The van der Waals surface area contributed by atoms with Crippen molar-refractivity contribution in [2.24, 2.45) is 0 Å². The summed E-state index contributed by atoms with van der Waals surface area (Å²) in [6.07, 6.45) is 0.147. The zero-order valence-corrected chi connectivity index (χ0v) is 12.1. The summed E-state index contributed by atoms with van der Waals surface area (Å²) in [5.74, 6) is 0.798. The summed E-state index contributed by atoms with van der Waals surface area (Å²) in [4.78, 5) is 24.6. The number of thioether (sulfide) groups is 1. The fourth-order valence-electron chi connectivity index (χ4n) is 2.32. The Bertz CT molecular complexity index is 709. The number of halogens is 1. The summed E-state index contributed by atoms with van der Waals surface area (Å²) in [6.45, 7) is 0. The number of hydrogen-bond acceptors (Lipinski definition) is 3. The molecular weight excluding hydrogens is 292 g/mol. The highest BCUT2D eigenvalue weighted by Crippen LogP contribution is 2.34. The summed E-state index contributed by atoms with van der Waals surface area (Å²) in [6, 6.07) is 13.2. The lowest BCUT2D eigenvalue weighted by Gasteiger charge is -2.06. The average molecular weight is 303 g/mol. The SMILES string of the molecule is O=C(Cl)Cc1ccc2c(c1)C(=O)c1ccccc1CS2. The lowest BCUT2D eigenvalue weighted by molar-refractivity contribution is -0.111. The van der Waals surface area contributed by atoms with E-state index in [-0.39, 0.29) is 12.2 Å². The van der Waals surface area contributed by atoms with E-state index in [2.05, 4.69) is 0 Å². The largest absolute Gasteiger partial charge is 0.289 e. The van der Waals surface area contributed by atoms with Crippen molar-refractivity contribution in [3.05, 3.63) is 64.7 Å². The molecule has 2 nitrogen and oxygen atoms in total. The van der Waals surface area contributed by atoms with E-state index in [1.165, 1.54) is 0 Å². The zero-order chi connectivity index (χ0) is 14.1. The molecule has 0 atom stereocenters. The lowest BCUT2D eigenvalue weighted by Crippen LogP contribution is -2.05. The maximum atomic E-state index is 12.6. The van der Waals surface area contributed by atoms with Gasteiger partial charge in [-0.05, 0) is 34.9 Å². The maximum Gasteiger partial charge on any atom is 0.226 e. The Morgan fingerprint density at radius 1 is 1.15 bits per heavy atom. The van der Waals surface area contributed by atoms with E-state index in [1.807, 2.05) is 36.4 Å². The van der Waals surface area contributed by atoms with Crippen LogP contribution >= 0.6 is 23.4 Å². The van der Waals surface area contributed by atoms with Crippen molar-refractivity contribution in [1.82, 2.24) is 0 Å². The first kappa shape index (κ1) is 13.4. The van der Waals surface area contributed by atoms with Crippen molar-refractivity contribution in [2.45, 2.75) is 17.1 Å². The third-order valence-electron chi connectivity index (χ3n) is 3.28. The summed E-state index contributed by atoms with van der Waals surface area (Å²) in [7, 11) is 0. The molecular formula is C16H11ClO2S. The molecule has 0 bridgehead atoms. The highest BCUT2D eigenvalue weighted by atomic mass is 35.5. The molecule has 0 radical (unpaired) electrons. The van der Waals surface area contributed by atoms with E-state index >= 15 is 0 Å². The monoisotopic (exact) mass is 302 g/mol. The van der Waals surface area contributed by atoms with E-state index < -0.39 is 5.24 Å². The molecule has 0 N–H and O–H groups in total. The van der Waals surface area contributed by atoms with Crippen LogP contribution in [0.4, 0.5) is 0 Å². The molecule has 0 unspecified atom stereocenters. The van der Waals surface area contributed by atoms with Gasteiger partial charge in [0.25, 0.3) is 0 Å². The van der Waals surface area contributed by atoms with Gasteiger partial charge in [-0.25, -0.2) is 0 Å². The Morgan fingerprint density at radius 2 is 1.95 bits per heavy atom. The minimum absolute atomic E-state index is 0.0180. The van der Waals surface area contributed by atoms with E-state index in [4.69, 9.17) is 11.6 Å². The minimum atomic E-state index is -0.418. The average Bonchev–Trinajstić information content (AvgIpc) is 2.57. The van der Waals surface area contributed by atoms with Gasteiger partial charge >= 0.3 is 0 Å². The molecule has 4 heteroatoms. The number of carbonyl (C=O) groups excluding carboxylic acids is 2. The van der Waals surface area contributed by atoms with E-state index in [1.54, 1.807) is 17.8 Å². The van der Waals surface area contributed by atoms with Crippen LogP contribution in [0.5, 0.6) is 0 Å². The Labute approximate surface area is 126 Å². The van der Waals surface area contributed by atoms with Crippen LogP contribution in [0.15, 0.2) is 47.4 Å². The Morgan fingerprint density at radius 3 is 2.75 bits per heavy atom. The van der Waals surface area contributed by atoms with Crippen LogP contribution in [0, 0.1) is 0 Å². The second kappa shape index (κ2) is 5.43. The predicted molar refractivity (Wildman–Crippen MR) is 80.4 cm³/mol. The maximum absolute atomic E-state index is 12.6. The van der Waals surface area contributed by atoms with Crippen molar-refractivity contribution in [1.29, 1.82) is 0 Å². The smallest absolute Gasteiger partial charge is 0.226 e. The predicted octanol–water partition coefficient (Wildman–Crippen LogP) is 3.83. The van der Waals surface area contributed by atoms with Gasteiger partial charge in [0.15, 0.2) is 5.78 Å². The number of benzene rings is 2. The van der Waals surface area contributed by atoms with Gasteiger partial charge in [-0.3, -0.25) is 9.59 Å². The zero-order valence-electron chi connectivity index (χ0n) is 10.6. The fourth-order valence-corrected chi connectivity index (χ4v) is 3.51. The lowest BCUT2D eigenvalue weighted by atomic mass is 9.97. The van der Waals surface area contributed by atoms with Crippen molar-refractivity contribution in [3.8, 4) is 0 Å². The molecule has 100 valence electrons. The second-order valence-corrected chi connectivity index (χ2v) is 6.08. The third-order valence-corrected chi connectivity index (χ3v) is 4.53. The molecule has 0 spiro atoms. The summed E-state index contributed by atoms with van der Waals surface area (Å²) in [5, 5.41) is -0.418. The van der Waals surface area contributed by atoms with E-state index in [0.29, 0.717) is 5.56 Å². The molecule has 0 saturated carbocycles. The molecule has 1 aliphatic heterocycles. The molecule has 1 heterocycles. The van der Waals surface area contributed by atoms with Gasteiger partial charge in [-0.1, -0.05) is 30.3 Å². The standard InChI is InChI=1S/C16H11ClO2S/c17-15(18)8-10-5-6-14-13(7-10)16(19)12-4-2-1-3-11(12)9-20-14/h1-7H,8-9H2. The van der Waals surface area contributed by atoms with Gasteiger partial charge in [0.2, 0.25) is 5.24 Å². The van der Waals surface area contributed by atoms with Crippen LogP contribution in [0.3, 0.4) is 0 Å². The topological polar surface area (TPSA) is 34.1 Å². The molecule has 0 aromatic heterocycles. The van der Waals surface area contributed by atoms with E-state index in [9.17, 15) is 9.59 Å². The van der Waals surface area contributed by atoms with Gasteiger partial charge in [-0.15, -0.1) is 11.8 Å². The molecule has 0 amide bonds. The Kier molecular flexibility index (Phi) is 3.64. The van der Waals surface area contributed by atoms with Gasteiger partial charge in [0, 0.05) is 28.2 Å². The highest BCUT2D eigenvalue weighted by Gasteiger charge is 2.21. The van der Waals surface area contributed by atoms with Crippen LogP contribution in [-0.2, 0) is 17.0 Å². The number of fused-ring (bicyclic) bond motifs is 2. The van der Waals surface area contributed by atoms with Crippen LogP contribution in [0.2, 0.25) is 0 Å². The first-order chi connectivity index (χ1) is 9.65. The van der Waals surface area contributed by atoms with Gasteiger partial charge in [-0.2, -0.15) is 0 Å². The molecule has 0 aliphatic carbocycles. The number of rotatable bonds is 2. The first-order valence-corrected chi connectivity index (χ1v) is 7.58.